The average molecular weight is 392 g/mol. The molecule has 0 N–H and O–H groups in total. The van der Waals surface area contributed by atoms with Gasteiger partial charge in [-0.3, -0.25) is 0 Å². The van der Waals surface area contributed by atoms with E-state index >= 15 is 0 Å². The second-order valence-electron chi connectivity index (χ2n) is 5.60. The van der Waals surface area contributed by atoms with Crippen molar-refractivity contribution in [2.24, 2.45) is 0 Å². The molecular weight excluding hydrogens is 350 g/mol. The smallest absolute Gasteiger partial charge is 0.0452 e. The molecule has 0 heterocycles. The number of rotatable bonds is 5. The van der Waals surface area contributed by atoms with Crippen LogP contribution in [0.4, 0.5) is 5.69 Å². The van der Waals surface area contributed by atoms with Crippen molar-refractivity contribution in [3.8, 4) is 22.3 Å². The summed E-state index contributed by atoms with van der Waals surface area (Å²) in [6.45, 7) is 18.4. The van der Waals surface area contributed by atoms with Crippen molar-refractivity contribution in [1.82, 2.24) is 0 Å². The Labute approximate surface area is 180 Å². The molecule has 1 nitrogen and oxygen atoms in total. The van der Waals surface area contributed by atoms with Gasteiger partial charge in [0.05, 0.1) is 0 Å². The molecule has 29 heavy (non-hydrogen) atoms. The van der Waals surface area contributed by atoms with Gasteiger partial charge in [-0.15, -0.1) is 0 Å². The highest BCUT2D eigenvalue weighted by atomic mass is 15.1. The molecule has 0 amide bonds. The van der Waals surface area contributed by atoms with Crippen LogP contribution in [0.2, 0.25) is 0 Å². The van der Waals surface area contributed by atoms with E-state index in [0.29, 0.717) is 0 Å². The van der Waals surface area contributed by atoms with Gasteiger partial charge in [0, 0.05) is 24.3 Å². The van der Waals surface area contributed by atoms with E-state index in [4.69, 9.17) is 0 Å². The van der Waals surface area contributed by atoms with Crippen LogP contribution in [0, 0.1) is 0 Å². The molecule has 0 atom stereocenters. The second-order valence-corrected chi connectivity index (χ2v) is 5.60. The van der Waals surface area contributed by atoms with Crippen molar-refractivity contribution in [3.63, 3.8) is 0 Å². The van der Waals surface area contributed by atoms with Crippen LogP contribution >= 0.6 is 0 Å². The van der Waals surface area contributed by atoms with Crippen LogP contribution in [0.3, 0.4) is 0 Å². The number of nitrogens with zero attached hydrogens (tertiary/aromatic N) is 1. The van der Waals surface area contributed by atoms with Gasteiger partial charge in [-0.1, -0.05) is 114 Å². The minimum atomic E-state index is 1.01. The Kier molecular flexibility index (Phi) is 15.0. The quantitative estimate of drug-likeness (QED) is 0.419. The van der Waals surface area contributed by atoms with Gasteiger partial charge < -0.3 is 4.90 Å². The summed E-state index contributed by atoms with van der Waals surface area (Å²) in [5.74, 6) is 0. The summed E-state index contributed by atoms with van der Waals surface area (Å²) in [6, 6.07) is 28.0. The largest absolute Gasteiger partial charge is 0.372 e. The first-order valence-corrected chi connectivity index (χ1v) is 11.3. The highest BCUT2D eigenvalue weighted by molar-refractivity contribution is 5.92. The summed E-state index contributed by atoms with van der Waals surface area (Å²) >= 11 is 0. The standard InChI is InChI=1S/C22H23N.3C2H6/c1-3-23(4-2)21-17-11-16-20(18-12-7-5-8-13-18)22(21)19-14-9-6-10-15-19;3*1-2/h5-17H,3-4H2,1-2H3;3*1-2H3. The summed E-state index contributed by atoms with van der Waals surface area (Å²) in [5, 5.41) is 0. The monoisotopic (exact) mass is 391 g/mol. The maximum atomic E-state index is 2.43. The summed E-state index contributed by atoms with van der Waals surface area (Å²) in [5.41, 5.74) is 6.46. The summed E-state index contributed by atoms with van der Waals surface area (Å²) in [6.07, 6.45) is 0. The van der Waals surface area contributed by atoms with E-state index in [-0.39, 0.29) is 0 Å². The van der Waals surface area contributed by atoms with Crippen LogP contribution in [0.1, 0.15) is 55.4 Å². The van der Waals surface area contributed by atoms with Crippen molar-refractivity contribution >= 4 is 5.69 Å². The summed E-state index contributed by atoms with van der Waals surface area (Å²) < 4.78 is 0. The van der Waals surface area contributed by atoms with E-state index in [1.807, 2.05) is 41.5 Å². The molecule has 0 aliphatic carbocycles. The molecule has 3 aromatic carbocycles. The number of anilines is 1. The topological polar surface area (TPSA) is 3.24 Å². The Morgan fingerprint density at radius 3 is 1.41 bits per heavy atom. The lowest BCUT2D eigenvalue weighted by Gasteiger charge is -2.26. The van der Waals surface area contributed by atoms with Gasteiger partial charge in [-0.05, 0) is 36.6 Å². The predicted molar refractivity (Wildman–Crippen MR) is 135 cm³/mol. The zero-order valence-corrected chi connectivity index (χ0v) is 19.9. The minimum Gasteiger partial charge on any atom is -0.372 e. The molecule has 0 unspecified atom stereocenters. The molecule has 158 valence electrons. The average Bonchev–Trinajstić information content (AvgIpc) is 2.85. The minimum absolute atomic E-state index is 1.01. The summed E-state index contributed by atoms with van der Waals surface area (Å²) in [7, 11) is 0. The van der Waals surface area contributed by atoms with Crippen LogP contribution < -0.4 is 4.90 Å². The van der Waals surface area contributed by atoms with Crippen molar-refractivity contribution in [1.29, 1.82) is 0 Å². The van der Waals surface area contributed by atoms with E-state index in [9.17, 15) is 0 Å². The molecular formula is C28H41N. The first kappa shape index (κ1) is 26.5. The number of hydrogen-bond donors (Lipinski definition) is 0. The second kappa shape index (κ2) is 16.4. The van der Waals surface area contributed by atoms with Gasteiger partial charge >= 0.3 is 0 Å². The third-order valence-electron chi connectivity index (χ3n) is 4.29. The third-order valence-corrected chi connectivity index (χ3v) is 4.29. The molecule has 0 saturated carbocycles. The van der Waals surface area contributed by atoms with Gasteiger partial charge in [-0.2, -0.15) is 0 Å². The van der Waals surface area contributed by atoms with Crippen LogP contribution in [0.5, 0.6) is 0 Å². The van der Waals surface area contributed by atoms with Gasteiger partial charge in [0.15, 0.2) is 0 Å². The Balaban J connectivity index is 0.00000120. The SMILES string of the molecule is CC.CC.CC.CCN(CC)c1cccc(-c2ccccc2)c1-c1ccccc1. The maximum absolute atomic E-state index is 2.43. The highest BCUT2D eigenvalue weighted by Crippen LogP contribution is 2.39. The lowest BCUT2D eigenvalue weighted by molar-refractivity contribution is 0.867. The highest BCUT2D eigenvalue weighted by Gasteiger charge is 2.15. The van der Waals surface area contributed by atoms with Gasteiger partial charge in [0.1, 0.15) is 0 Å². The molecule has 0 aliphatic rings. The molecule has 1 heteroatoms. The maximum Gasteiger partial charge on any atom is 0.0452 e. The molecule has 0 spiro atoms. The van der Waals surface area contributed by atoms with Crippen molar-refractivity contribution < 1.29 is 0 Å². The predicted octanol–water partition coefficient (Wildman–Crippen LogP) is 8.95. The molecule has 0 bridgehead atoms. The Bertz CT molecular complexity index is 744. The molecule has 0 saturated heterocycles. The van der Waals surface area contributed by atoms with E-state index in [1.165, 1.54) is 27.9 Å². The fourth-order valence-corrected chi connectivity index (χ4v) is 3.13. The van der Waals surface area contributed by atoms with Crippen LogP contribution in [0.15, 0.2) is 78.9 Å². The molecule has 3 aromatic rings. The van der Waals surface area contributed by atoms with E-state index in [2.05, 4.69) is 97.6 Å². The number of hydrogen-bond acceptors (Lipinski definition) is 1. The molecule has 0 aliphatic heterocycles. The molecule has 0 fully saturated rings. The van der Waals surface area contributed by atoms with Crippen LogP contribution in [-0.4, -0.2) is 13.1 Å². The Morgan fingerprint density at radius 1 is 0.517 bits per heavy atom. The molecule has 3 rings (SSSR count). The van der Waals surface area contributed by atoms with E-state index in [0.717, 1.165) is 13.1 Å². The number of benzene rings is 3. The van der Waals surface area contributed by atoms with Crippen LogP contribution in [-0.2, 0) is 0 Å². The van der Waals surface area contributed by atoms with E-state index < -0.39 is 0 Å². The Hall–Kier alpha value is -2.54. The molecule has 0 radical (unpaired) electrons. The van der Waals surface area contributed by atoms with Crippen molar-refractivity contribution in [2.75, 3.05) is 18.0 Å². The van der Waals surface area contributed by atoms with Crippen molar-refractivity contribution in [2.45, 2.75) is 55.4 Å². The zero-order chi connectivity index (χ0) is 22.1. The first-order valence-electron chi connectivity index (χ1n) is 11.3. The molecule has 0 aromatic heterocycles. The van der Waals surface area contributed by atoms with Crippen molar-refractivity contribution in [3.05, 3.63) is 78.9 Å². The van der Waals surface area contributed by atoms with Crippen LogP contribution in [0.25, 0.3) is 22.3 Å². The van der Waals surface area contributed by atoms with Gasteiger partial charge in [0.2, 0.25) is 0 Å². The fourth-order valence-electron chi connectivity index (χ4n) is 3.13. The normalized spacial score (nSPS) is 8.97. The third kappa shape index (κ3) is 7.42. The first-order chi connectivity index (χ1) is 14.3. The van der Waals surface area contributed by atoms with E-state index in [1.54, 1.807) is 0 Å². The van der Waals surface area contributed by atoms with Gasteiger partial charge in [-0.25, -0.2) is 0 Å². The fraction of sp³-hybridized carbons (Fsp3) is 0.357. The summed E-state index contributed by atoms with van der Waals surface area (Å²) in [4.78, 5) is 2.43. The van der Waals surface area contributed by atoms with Gasteiger partial charge in [0.25, 0.3) is 0 Å². The zero-order valence-electron chi connectivity index (χ0n) is 19.9. The lowest BCUT2D eigenvalue weighted by atomic mass is 9.92. The lowest BCUT2D eigenvalue weighted by Crippen LogP contribution is -2.22. The Morgan fingerprint density at radius 2 is 0.966 bits per heavy atom.